The standard InChI is InChI=1S/C15H15NO2S/c17-14(13-4-2-1-3-5-13)10-15(18)16-8-6-12-7-9-19-11-12/h1-5,7,9,11H,6,8,10H2,(H,16,18). The molecule has 0 atom stereocenters. The maximum atomic E-state index is 11.8. The smallest absolute Gasteiger partial charge is 0.227 e. The Bertz CT molecular complexity index is 535. The summed E-state index contributed by atoms with van der Waals surface area (Å²) >= 11 is 1.64. The van der Waals surface area contributed by atoms with Gasteiger partial charge in [-0.2, -0.15) is 11.3 Å². The Morgan fingerprint density at radius 1 is 1.11 bits per heavy atom. The van der Waals surface area contributed by atoms with Crippen molar-refractivity contribution in [3.05, 3.63) is 58.3 Å². The highest BCUT2D eigenvalue weighted by atomic mass is 32.1. The van der Waals surface area contributed by atoms with Gasteiger partial charge in [-0.1, -0.05) is 30.3 Å². The van der Waals surface area contributed by atoms with Crippen molar-refractivity contribution in [3.63, 3.8) is 0 Å². The molecule has 2 rings (SSSR count). The molecule has 1 heterocycles. The largest absolute Gasteiger partial charge is 0.355 e. The van der Waals surface area contributed by atoms with E-state index in [9.17, 15) is 9.59 Å². The zero-order chi connectivity index (χ0) is 13.5. The van der Waals surface area contributed by atoms with Crippen LogP contribution in [0.15, 0.2) is 47.2 Å². The van der Waals surface area contributed by atoms with Gasteiger partial charge >= 0.3 is 0 Å². The van der Waals surface area contributed by atoms with Crippen molar-refractivity contribution in [1.82, 2.24) is 5.32 Å². The summed E-state index contributed by atoms with van der Waals surface area (Å²) in [7, 11) is 0. The van der Waals surface area contributed by atoms with Crippen LogP contribution in [0, 0.1) is 0 Å². The Morgan fingerprint density at radius 2 is 1.89 bits per heavy atom. The Kier molecular flexibility index (Phi) is 4.86. The zero-order valence-electron chi connectivity index (χ0n) is 10.5. The fourth-order valence-corrected chi connectivity index (χ4v) is 2.42. The second-order valence-corrected chi connectivity index (χ2v) is 4.98. The quantitative estimate of drug-likeness (QED) is 0.649. The van der Waals surface area contributed by atoms with E-state index in [0.29, 0.717) is 12.1 Å². The summed E-state index contributed by atoms with van der Waals surface area (Å²) in [5, 5.41) is 6.83. The lowest BCUT2D eigenvalue weighted by Gasteiger charge is -2.04. The highest BCUT2D eigenvalue weighted by molar-refractivity contribution is 7.07. The number of benzene rings is 1. The average molecular weight is 273 g/mol. The summed E-state index contributed by atoms with van der Waals surface area (Å²) < 4.78 is 0. The molecule has 1 amide bonds. The van der Waals surface area contributed by atoms with Crippen LogP contribution in [-0.4, -0.2) is 18.2 Å². The molecule has 19 heavy (non-hydrogen) atoms. The molecule has 0 spiro atoms. The molecule has 0 aliphatic carbocycles. The third kappa shape index (κ3) is 4.34. The number of carbonyl (C=O) groups is 2. The number of nitrogens with one attached hydrogen (secondary N) is 1. The monoisotopic (exact) mass is 273 g/mol. The number of rotatable bonds is 6. The van der Waals surface area contributed by atoms with Gasteiger partial charge in [-0.15, -0.1) is 0 Å². The van der Waals surface area contributed by atoms with Gasteiger partial charge in [0.25, 0.3) is 0 Å². The molecule has 0 aliphatic rings. The van der Waals surface area contributed by atoms with Gasteiger partial charge in [0.05, 0.1) is 6.42 Å². The molecule has 1 aromatic carbocycles. The van der Waals surface area contributed by atoms with E-state index in [1.54, 1.807) is 35.6 Å². The second kappa shape index (κ2) is 6.85. The molecule has 3 nitrogen and oxygen atoms in total. The van der Waals surface area contributed by atoms with Crippen molar-refractivity contribution in [2.75, 3.05) is 6.54 Å². The lowest BCUT2D eigenvalue weighted by atomic mass is 10.1. The first-order valence-corrected chi connectivity index (χ1v) is 7.06. The third-order valence-electron chi connectivity index (χ3n) is 2.73. The minimum Gasteiger partial charge on any atom is -0.355 e. The maximum Gasteiger partial charge on any atom is 0.227 e. The van der Waals surface area contributed by atoms with Crippen molar-refractivity contribution in [2.45, 2.75) is 12.8 Å². The molecule has 1 aromatic heterocycles. The molecule has 1 N–H and O–H groups in total. The van der Waals surface area contributed by atoms with Crippen LogP contribution < -0.4 is 5.32 Å². The minimum atomic E-state index is -0.218. The van der Waals surface area contributed by atoms with Gasteiger partial charge in [-0.05, 0) is 28.8 Å². The Hall–Kier alpha value is -1.94. The molecule has 0 radical (unpaired) electrons. The molecular weight excluding hydrogens is 258 g/mol. The van der Waals surface area contributed by atoms with Crippen LogP contribution in [0.3, 0.4) is 0 Å². The van der Waals surface area contributed by atoms with Crippen LogP contribution in [0.5, 0.6) is 0 Å². The first-order chi connectivity index (χ1) is 9.25. The SMILES string of the molecule is O=C(CC(=O)c1ccccc1)NCCc1ccsc1. The van der Waals surface area contributed by atoms with Crippen LogP contribution in [0.4, 0.5) is 0 Å². The Morgan fingerprint density at radius 3 is 2.58 bits per heavy atom. The van der Waals surface area contributed by atoms with E-state index >= 15 is 0 Å². The predicted octanol–water partition coefficient (Wildman–Crippen LogP) is 2.68. The van der Waals surface area contributed by atoms with Crippen LogP contribution in [0.25, 0.3) is 0 Å². The lowest BCUT2D eigenvalue weighted by Crippen LogP contribution is -2.27. The number of hydrogen-bond acceptors (Lipinski definition) is 3. The molecule has 0 saturated heterocycles. The molecule has 0 unspecified atom stereocenters. The normalized spacial score (nSPS) is 10.1. The second-order valence-electron chi connectivity index (χ2n) is 4.20. The molecule has 0 saturated carbocycles. The lowest BCUT2D eigenvalue weighted by molar-refractivity contribution is -0.120. The van der Waals surface area contributed by atoms with E-state index in [0.717, 1.165) is 6.42 Å². The summed E-state index contributed by atoms with van der Waals surface area (Å²) in [6.45, 7) is 0.567. The minimum absolute atomic E-state index is 0.0896. The highest BCUT2D eigenvalue weighted by Gasteiger charge is 2.10. The summed E-state index contributed by atoms with van der Waals surface area (Å²) in [5.41, 5.74) is 1.79. The molecule has 0 fully saturated rings. The van der Waals surface area contributed by atoms with Gasteiger partial charge in [0, 0.05) is 12.1 Å². The molecule has 98 valence electrons. The number of ketones is 1. The van der Waals surface area contributed by atoms with Crippen molar-refractivity contribution < 1.29 is 9.59 Å². The van der Waals surface area contributed by atoms with Crippen molar-refractivity contribution in [1.29, 1.82) is 0 Å². The van der Waals surface area contributed by atoms with E-state index in [-0.39, 0.29) is 18.1 Å². The maximum absolute atomic E-state index is 11.8. The number of amides is 1. The molecule has 2 aromatic rings. The van der Waals surface area contributed by atoms with Crippen molar-refractivity contribution >= 4 is 23.0 Å². The van der Waals surface area contributed by atoms with Gasteiger partial charge in [0.2, 0.25) is 5.91 Å². The number of Topliss-reactive ketones (excluding diaryl/α,β-unsaturated/α-hetero) is 1. The summed E-state index contributed by atoms with van der Waals surface area (Å²) in [6.07, 6.45) is 0.711. The Balaban J connectivity index is 1.74. The predicted molar refractivity (Wildman–Crippen MR) is 76.4 cm³/mol. The van der Waals surface area contributed by atoms with E-state index in [1.807, 2.05) is 17.5 Å². The van der Waals surface area contributed by atoms with E-state index in [4.69, 9.17) is 0 Å². The average Bonchev–Trinajstić information content (AvgIpc) is 2.93. The fraction of sp³-hybridized carbons (Fsp3) is 0.200. The summed E-state index contributed by atoms with van der Waals surface area (Å²) in [6, 6.07) is 10.9. The number of carbonyl (C=O) groups excluding carboxylic acids is 2. The van der Waals surface area contributed by atoms with Crippen LogP contribution in [0.1, 0.15) is 22.3 Å². The van der Waals surface area contributed by atoms with Crippen LogP contribution in [-0.2, 0) is 11.2 Å². The van der Waals surface area contributed by atoms with E-state index in [1.165, 1.54) is 5.56 Å². The van der Waals surface area contributed by atoms with Gasteiger partial charge in [0.1, 0.15) is 0 Å². The zero-order valence-corrected chi connectivity index (χ0v) is 11.3. The van der Waals surface area contributed by atoms with Gasteiger partial charge in [-0.25, -0.2) is 0 Å². The molecule has 0 aliphatic heterocycles. The van der Waals surface area contributed by atoms with Crippen molar-refractivity contribution in [3.8, 4) is 0 Å². The highest BCUT2D eigenvalue weighted by Crippen LogP contribution is 2.06. The first-order valence-electron chi connectivity index (χ1n) is 6.12. The van der Waals surface area contributed by atoms with E-state index < -0.39 is 0 Å². The number of thiophene rings is 1. The van der Waals surface area contributed by atoms with Gasteiger partial charge in [0.15, 0.2) is 5.78 Å². The summed E-state index contributed by atoms with van der Waals surface area (Å²) in [5.74, 6) is -0.363. The third-order valence-corrected chi connectivity index (χ3v) is 3.46. The van der Waals surface area contributed by atoms with Crippen molar-refractivity contribution in [2.24, 2.45) is 0 Å². The van der Waals surface area contributed by atoms with Gasteiger partial charge in [-0.3, -0.25) is 9.59 Å². The topological polar surface area (TPSA) is 46.2 Å². The first kappa shape index (κ1) is 13.5. The number of hydrogen-bond donors (Lipinski definition) is 1. The Labute approximate surface area is 116 Å². The fourth-order valence-electron chi connectivity index (χ4n) is 1.72. The summed E-state index contributed by atoms with van der Waals surface area (Å²) in [4.78, 5) is 23.4. The van der Waals surface area contributed by atoms with Gasteiger partial charge < -0.3 is 5.32 Å². The van der Waals surface area contributed by atoms with E-state index in [2.05, 4.69) is 10.7 Å². The molecule has 0 bridgehead atoms. The van der Waals surface area contributed by atoms with Crippen LogP contribution in [0.2, 0.25) is 0 Å². The molecular formula is C15H15NO2S. The molecule has 4 heteroatoms. The van der Waals surface area contributed by atoms with Crippen LogP contribution >= 0.6 is 11.3 Å².